The molecule has 8 nitrogen and oxygen atoms in total. The lowest BCUT2D eigenvalue weighted by molar-refractivity contribution is -0.142. The van der Waals surface area contributed by atoms with Crippen molar-refractivity contribution in [2.24, 2.45) is 0 Å². The molecule has 2 aromatic rings. The maximum Gasteiger partial charge on any atom is 0.340 e. The van der Waals surface area contributed by atoms with Gasteiger partial charge in [0.15, 0.2) is 11.5 Å². The van der Waals surface area contributed by atoms with Crippen molar-refractivity contribution < 1.29 is 37.8 Å². The highest BCUT2D eigenvalue weighted by Crippen LogP contribution is 2.35. The molecule has 0 saturated carbocycles. The van der Waals surface area contributed by atoms with Crippen molar-refractivity contribution in [1.29, 1.82) is 0 Å². The summed E-state index contributed by atoms with van der Waals surface area (Å²) in [6, 6.07) is 8.30. The Morgan fingerprint density at radius 1 is 0.968 bits per heavy atom. The van der Waals surface area contributed by atoms with Crippen molar-refractivity contribution in [3.63, 3.8) is 0 Å². The van der Waals surface area contributed by atoms with Gasteiger partial charge in [0.25, 0.3) is 0 Å². The minimum Gasteiger partial charge on any atom is -0.496 e. The van der Waals surface area contributed by atoms with Crippen LogP contribution in [0.5, 0.6) is 28.7 Å². The predicted molar refractivity (Wildman–Crippen MR) is 117 cm³/mol. The highest BCUT2D eigenvalue weighted by atomic mass is 32.2. The second kappa shape index (κ2) is 11.4. The van der Waals surface area contributed by atoms with E-state index in [4.69, 9.17) is 23.7 Å². The number of aliphatic hydroxyl groups is 1. The maximum absolute atomic E-state index is 12.6. The van der Waals surface area contributed by atoms with Gasteiger partial charge >= 0.3 is 5.97 Å². The second-order valence-corrected chi connectivity index (χ2v) is 7.68. The minimum atomic E-state index is -1.39. The summed E-state index contributed by atoms with van der Waals surface area (Å²) in [5, 5.41) is 10.9. The van der Waals surface area contributed by atoms with E-state index in [0.29, 0.717) is 34.1 Å². The van der Waals surface area contributed by atoms with E-state index in [1.54, 1.807) is 43.5 Å². The lowest BCUT2D eigenvalue weighted by atomic mass is 10.1. The van der Waals surface area contributed by atoms with Crippen molar-refractivity contribution in [3.8, 4) is 28.7 Å². The summed E-state index contributed by atoms with van der Waals surface area (Å²) in [4.78, 5) is 11.7. The molecule has 0 bridgehead atoms. The van der Waals surface area contributed by atoms with Crippen LogP contribution >= 0.6 is 0 Å². The molecule has 0 amide bonds. The molecule has 1 N–H and O–H groups in total. The van der Waals surface area contributed by atoms with E-state index in [0.717, 1.165) is 0 Å². The highest BCUT2D eigenvalue weighted by molar-refractivity contribution is 7.87. The fourth-order valence-electron chi connectivity index (χ4n) is 2.64. The first kappa shape index (κ1) is 24.2. The fourth-order valence-corrected chi connectivity index (χ4v) is 3.53. The van der Waals surface area contributed by atoms with Gasteiger partial charge in [-0.15, -0.1) is 0 Å². The smallest absolute Gasteiger partial charge is 0.340 e. The maximum atomic E-state index is 12.6. The van der Waals surface area contributed by atoms with Gasteiger partial charge < -0.3 is 28.8 Å². The van der Waals surface area contributed by atoms with Crippen LogP contribution in [0.25, 0.3) is 6.08 Å². The number of carbonyl (C=O) groups is 1. The van der Waals surface area contributed by atoms with Gasteiger partial charge in [-0.3, -0.25) is 4.21 Å². The van der Waals surface area contributed by atoms with E-state index < -0.39 is 22.9 Å². The van der Waals surface area contributed by atoms with Crippen LogP contribution < -0.4 is 23.7 Å². The molecule has 0 heterocycles. The Labute approximate surface area is 183 Å². The first-order chi connectivity index (χ1) is 14.8. The van der Waals surface area contributed by atoms with Gasteiger partial charge in [0, 0.05) is 17.5 Å². The van der Waals surface area contributed by atoms with Crippen LogP contribution in [0.15, 0.2) is 35.7 Å². The number of rotatable bonds is 10. The molecule has 0 spiro atoms. The topological polar surface area (TPSA) is 101 Å². The quantitative estimate of drug-likeness (QED) is 0.436. The van der Waals surface area contributed by atoms with Crippen LogP contribution in [-0.2, 0) is 21.3 Å². The van der Waals surface area contributed by atoms with Gasteiger partial charge in [0.1, 0.15) is 23.4 Å². The number of ether oxygens (including phenoxy) is 5. The largest absolute Gasteiger partial charge is 0.496 e. The Hall–Kier alpha value is -3.04. The predicted octanol–water partition coefficient (Wildman–Crippen LogP) is 2.93. The third-order valence-corrected chi connectivity index (χ3v) is 5.29. The summed E-state index contributed by atoms with van der Waals surface area (Å²) >= 11 is 0. The van der Waals surface area contributed by atoms with Crippen LogP contribution in [0.1, 0.15) is 18.1 Å². The second-order valence-electron chi connectivity index (χ2n) is 6.36. The fraction of sp³-hybridized carbons (Fsp3) is 0.318. The van der Waals surface area contributed by atoms with Crippen molar-refractivity contribution in [2.45, 2.75) is 18.8 Å². The average Bonchev–Trinajstić information content (AvgIpc) is 2.77. The first-order valence-electron chi connectivity index (χ1n) is 9.25. The molecule has 9 heteroatoms. The van der Waals surface area contributed by atoms with E-state index in [9.17, 15) is 14.1 Å². The Balaban J connectivity index is 2.23. The average molecular weight is 451 g/mol. The van der Waals surface area contributed by atoms with Crippen molar-refractivity contribution in [2.75, 3.05) is 28.4 Å². The molecule has 2 aromatic carbocycles. The van der Waals surface area contributed by atoms with Crippen LogP contribution in [0, 0.1) is 0 Å². The van der Waals surface area contributed by atoms with Crippen LogP contribution in [0.3, 0.4) is 0 Å². The van der Waals surface area contributed by atoms with Gasteiger partial charge in [-0.1, -0.05) is 6.07 Å². The normalized spacial score (nSPS) is 12.8. The molecule has 0 radical (unpaired) electrons. The molecule has 2 rings (SSSR count). The Morgan fingerprint density at radius 2 is 1.58 bits per heavy atom. The van der Waals surface area contributed by atoms with Gasteiger partial charge in [-0.05, 0) is 30.7 Å². The Kier molecular flexibility index (Phi) is 8.89. The number of esters is 1. The van der Waals surface area contributed by atoms with Gasteiger partial charge in [-0.2, -0.15) is 0 Å². The Morgan fingerprint density at radius 3 is 2.10 bits per heavy atom. The van der Waals surface area contributed by atoms with E-state index in [2.05, 4.69) is 0 Å². The van der Waals surface area contributed by atoms with E-state index in [1.165, 1.54) is 33.7 Å². The zero-order chi connectivity index (χ0) is 23.0. The summed E-state index contributed by atoms with van der Waals surface area (Å²) in [7, 11) is 4.63. The number of benzene rings is 2. The molecule has 31 heavy (non-hydrogen) atoms. The summed E-state index contributed by atoms with van der Waals surface area (Å²) in [5.41, 5.74) is 1.28. The standard InChI is InChI=1S/C22H26O8S/c1-14(23)22(24)30-21-10-15(6-7-18(21)27-3)13-31(25)9-8-17-19(28-4)11-16(26-2)12-20(17)29-5/h6-12,14,23H,13H2,1-5H3. The number of hydrogen-bond donors (Lipinski definition) is 1. The molecule has 2 atom stereocenters. The molecular weight excluding hydrogens is 424 g/mol. The monoisotopic (exact) mass is 450 g/mol. The zero-order valence-electron chi connectivity index (χ0n) is 18.0. The van der Waals surface area contributed by atoms with Crippen molar-refractivity contribution in [1.82, 2.24) is 0 Å². The lowest BCUT2D eigenvalue weighted by Gasteiger charge is -2.13. The van der Waals surface area contributed by atoms with E-state index in [-0.39, 0.29) is 11.5 Å². The lowest BCUT2D eigenvalue weighted by Crippen LogP contribution is -2.22. The molecular formula is C22H26O8S. The van der Waals surface area contributed by atoms with Gasteiger partial charge in [0.2, 0.25) is 0 Å². The zero-order valence-corrected chi connectivity index (χ0v) is 18.9. The molecule has 0 saturated heterocycles. The minimum absolute atomic E-state index is 0.144. The van der Waals surface area contributed by atoms with Crippen LogP contribution in [-0.4, -0.2) is 49.8 Å². The summed E-state index contributed by atoms with van der Waals surface area (Å²) in [5.74, 6) is 1.43. The third kappa shape index (κ3) is 6.47. The molecule has 0 aliphatic rings. The highest BCUT2D eigenvalue weighted by Gasteiger charge is 2.16. The number of aliphatic hydroxyl groups excluding tert-OH is 1. The Bertz CT molecular complexity index is 943. The number of methoxy groups -OCH3 is 4. The third-order valence-electron chi connectivity index (χ3n) is 4.23. The number of hydrogen-bond acceptors (Lipinski definition) is 8. The molecule has 0 aromatic heterocycles. The summed E-state index contributed by atoms with van der Waals surface area (Å²) in [6.07, 6.45) is 0.380. The summed E-state index contributed by atoms with van der Waals surface area (Å²) < 4.78 is 39.0. The van der Waals surface area contributed by atoms with Gasteiger partial charge in [0.05, 0.1) is 50.6 Å². The summed E-state index contributed by atoms with van der Waals surface area (Å²) in [6.45, 7) is 1.31. The van der Waals surface area contributed by atoms with Gasteiger partial charge in [-0.25, -0.2) is 4.79 Å². The van der Waals surface area contributed by atoms with E-state index >= 15 is 0 Å². The van der Waals surface area contributed by atoms with Crippen molar-refractivity contribution >= 4 is 22.8 Å². The molecule has 0 fully saturated rings. The van der Waals surface area contributed by atoms with Crippen LogP contribution in [0.4, 0.5) is 0 Å². The van der Waals surface area contributed by atoms with Crippen LogP contribution in [0.2, 0.25) is 0 Å². The van der Waals surface area contributed by atoms with E-state index in [1.807, 2.05) is 0 Å². The first-order valence-corrected chi connectivity index (χ1v) is 10.6. The molecule has 168 valence electrons. The number of carbonyl (C=O) groups excluding carboxylic acids is 1. The molecule has 0 aliphatic heterocycles. The molecule has 2 unspecified atom stereocenters. The SMILES string of the molecule is COc1cc(OC)c(C=CS(=O)Cc2ccc(OC)c(OC(=O)C(C)O)c2)c(OC)c1. The molecule has 0 aliphatic carbocycles. The van der Waals surface area contributed by atoms with Crippen molar-refractivity contribution in [3.05, 3.63) is 46.9 Å².